The molecule has 1 atom stereocenters. The second-order valence-corrected chi connectivity index (χ2v) is 5.97. The molecule has 106 valence electrons. The predicted molar refractivity (Wildman–Crippen MR) is 74.1 cm³/mol. The van der Waals surface area contributed by atoms with Gasteiger partial charge in [-0.2, -0.15) is 0 Å². The van der Waals surface area contributed by atoms with E-state index in [-0.39, 0.29) is 12.3 Å². The Morgan fingerprint density at radius 3 is 2.75 bits per heavy atom. The maximum atomic E-state index is 12.1. The lowest BCUT2D eigenvalue weighted by Crippen LogP contribution is -2.50. The van der Waals surface area contributed by atoms with Gasteiger partial charge >= 0.3 is 6.09 Å². The van der Waals surface area contributed by atoms with Crippen molar-refractivity contribution in [2.45, 2.75) is 39.0 Å². The molecular weight excluding hydrogens is 256 g/mol. The highest BCUT2D eigenvalue weighted by Gasteiger charge is 2.37. The third kappa shape index (κ3) is 2.21. The minimum Gasteiger partial charge on any atom is -0.444 e. The highest BCUT2D eigenvalue weighted by molar-refractivity contribution is 5.75. The largest absolute Gasteiger partial charge is 0.444 e. The summed E-state index contributed by atoms with van der Waals surface area (Å²) in [4.78, 5) is 13.8. The molecule has 2 heterocycles. The van der Waals surface area contributed by atoms with E-state index in [1.54, 1.807) is 9.58 Å². The molecule has 1 saturated heterocycles. The van der Waals surface area contributed by atoms with E-state index in [1.165, 1.54) is 0 Å². The summed E-state index contributed by atoms with van der Waals surface area (Å²) in [5.41, 5.74) is 1.29. The molecule has 0 bridgehead atoms. The Labute approximate surface area is 117 Å². The van der Waals surface area contributed by atoms with Gasteiger partial charge in [-0.05, 0) is 32.9 Å². The van der Waals surface area contributed by atoms with Crippen LogP contribution in [0.15, 0.2) is 24.3 Å². The van der Waals surface area contributed by atoms with Gasteiger partial charge in [0, 0.05) is 13.0 Å². The molecule has 1 aromatic heterocycles. The summed E-state index contributed by atoms with van der Waals surface area (Å²) in [6, 6.07) is 7.74. The Morgan fingerprint density at radius 1 is 1.35 bits per heavy atom. The van der Waals surface area contributed by atoms with Crippen LogP contribution >= 0.6 is 0 Å². The Morgan fingerprint density at radius 2 is 2.10 bits per heavy atom. The quantitative estimate of drug-likeness (QED) is 0.802. The number of carbonyl (C=O) groups is 1. The Balaban J connectivity index is 1.83. The lowest BCUT2D eigenvalue weighted by molar-refractivity contribution is -0.0248. The number of fused-ring (bicyclic) bond motifs is 1. The highest BCUT2D eigenvalue weighted by atomic mass is 16.6. The summed E-state index contributed by atoms with van der Waals surface area (Å²) in [7, 11) is 0. The first-order valence-corrected chi connectivity index (χ1v) is 6.75. The van der Waals surface area contributed by atoms with Gasteiger partial charge in [0.25, 0.3) is 0 Å². The lowest BCUT2D eigenvalue weighted by Gasteiger charge is -2.41. The van der Waals surface area contributed by atoms with E-state index < -0.39 is 5.60 Å². The van der Waals surface area contributed by atoms with Crippen LogP contribution in [-0.4, -0.2) is 38.1 Å². The molecule has 0 aliphatic carbocycles. The molecule has 0 radical (unpaired) electrons. The van der Waals surface area contributed by atoms with Gasteiger partial charge in [-0.15, -0.1) is 5.10 Å². The van der Waals surface area contributed by atoms with Gasteiger partial charge in [0.15, 0.2) is 0 Å². The van der Waals surface area contributed by atoms with Crippen molar-refractivity contribution >= 4 is 17.1 Å². The fourth-order valence-corrected chi connectivity index (χ4v) is 2.27. The average molecular weight is 274 g/mol. The van der Waals surface area contributed by atoms with Gasteiger partial charge in [-0.3, -0.25) is 4.90 Å². The van der Waals surface area contributed by atoms with Crippen molar-refractivity contribution < 1.29 is 9.53 Å². The zero-order valence-corrected chi connectivity index (χ0v) is 11.9. The number of nitrogens with zero attached hydrogens (tertiary/aromatic N) is 4. The summed E-state index contributed by atoms with van der Waals surface area (Å²) >= 11 is 0. The van der Waals surface area contributed by atoms with Crippen LogP contribution in [0.5, 0.6) is 0 Å². The lowest BCUT2D eigenvalue weighted by atomic mass is 10.1. The molecule has 2 aromatic rings. The Kier molecular flexibility index (Phi) is 2.88. The van der Waals surface area contributed by atoms with Crippen molar-refractivity contribution in [2.75, 3.05) is 6.54 Å². The van der Waals surface area contributed by atoms with Crippen LogP contribution in [0.25, 0.3) is 11.0 Å². The number of ether oxygens (including phenoxy) is 1. The molecule has 1 unspecified atom stereocenters. The Hall–Kier alpha value is -2.11. The first-order valence-electron chi connectivity index (χ1n) is 6.75. The van der Waals surface area contributed by atoms with Gasteiger partial charge < -0.3 is 4.74 Å². The molecular formula is C14H18N4O2. The Bertz CT molecular complexity index is 644. The van der Waals surface area contributed by atoms with E-state index in [0.29, 0.717) is 6.54 Å². The third-order valence-corrected chi connectivity index (χ3v) is 3.28. The molecule has 0 N–H and O–H groups in total. The average Bonchev–Trinajstić information content (AvgIpc) is 2.69. The summed E-state index contributed by atoms with van der Waals surface area (Å²) in [5, 5.41) is 8.29. The van der Waals surface area contributed by atoms with Crippen molar-refractivity contribution in [3.8, 4) is 0 Å². The number of hydrogen-bond acceptors (Lipinski definition) is 4. The first-order chi connectivity index (χ1) is 9.46. The van der Waals surface area contributed by atoms with Crippen LogP contribution in [0.2, 0.25) is 0 Å². The van der Waals surface area contributed by atoms with Gasteiger partial charge in [-0.1, -0.05) is 17.3 Å². The van der Waals surface area contributed by atoms with E-state index in [9.17, 15) is 4.79 Å². The maximum Gasteiger partial charge on any atom is 0.412 e. The summed E-state index contributed by atoms with van der Waals surface area (Å²) in [5.74, 6) is 0. The SMILES string of the molecule is CC(C)(C)OC(=O)N1CCC1n1nnc2ccccc21. The maximum absolute atomic E-state index is 12.1. The molecule has 0 saturated carbocycles. The van der Waals surface area contributed by atoms with E-state index in [0.717, 1.165) is 17.5 Å². The van der Waals surface area contributed by atoms with Gasteiger partial charge in [-0.25, -0.2) is 9.48 Å². The van der Waals surface area contributed by atoms with Crippen LogP contribution in [0.1, 0.15) is 33.4 Å². The molecule has 20 heavy (non-hydrogen) atoms. The summed E-state index contributed by atoms with van der Waals surface area (Å²) in [6.07, 6.45) is 0.470. The molecule has 0 spiro atoms. The minimum atomic E-state index is -0.484. The van der Waals surface area contributed by atoms with E-state index >= 15 is 0 Å². The fraction of sp³-hybridized carbons (Fsp3) is 0.500. The molecule has 1 amide bonds. The van der Waals surface area contributed by atoms with Crippen LogP contribution in [0, 0.1) is 0 Å². The number of hydrogen-bond donors (Lipinski definition) is 0. The van der Waals surface area contributed by atoms with Crippen molar-refractivity contribution in [3.63, 3.8) is 0 Å². The van der Waals surface area contributed by atoms with Crippen LogP contribution in [0.4, 0.5) is 4.79 Å². The number of carbonyl (C=O) groups excluding carboxylic acids is 1. The normalized spacial score (nSPS) is 18.9. The van der Waals surface area contributed by atoms with E-state index in [4.69, 9.17) is 4.74 Å². The minimum absolute atomic E-state index is 0.0998. The molecule has 6 nitrogen and oxygen atoms in total. The molecule has 1 fully saturated rings. The van der Waals surface area contributed by atoms with Crippen molar-refractivity contribution in [2.24, 2.45) is 0 Å². The molecule has 3 rings (SSSR count). The third-order valence-electron chi connectivity index (χ3n) is 3.28. The predicted octanol–water partition coefficient (Wildman–Crippen LogP) is 2.57. The highest BCUT2D eigenvalue weighted by Crippen LogP contribution is 2.31. The van der Waals surface area contributed by atoms with Crippen molar-refractivity contribution in [1.82, 2.24) is 19.9 Å². The smallest absolute Gasteiger partial charge is 0.412 e. The number of amides is 1. The first kappa shape index (κ1) is 12.9. The molecule has 6 heteroatoms. The molecule has 1 aliphatic rings. The number of benzene rings is 1. The van der Waals surface area contributed by atoms with Gasteiger partial charge in [0.1, 0.15) is 17.3 Å². The molecule has 1 aromatic carbocycles. The number of likely N-dealkylation sites (tertiary alicyclic amines) is 1. The molecule has 1 aliphatic heterocycles. The van der Waals surface area contributed by atoms with E-state index in [2.05, 4.69) is 10.3 Å². The van der Waals surface area contributed by atoms with Crippen molar-refractivity contribution in [3.05, 3.63) is 24.3 Å². The monoisotopic (exact) mass is 274 g/mol. The summed E-state index contributed by atoms with van der Waals surface area (Å²) < 4.78 is 7.20. The zero-order valence-electron chi connectivity index (χ0n) is 11.9. The fourth-order valence-electron chi connectivity index (χ4n) is 2.27. The second kappa shape index (κ2) is 4.47. The second-order valence-electron chi connectivity index (χ2n) is 5.97. The van der Waals surface area contributed by atoms with Crippen LogP contribution < -0.4 is 0 Å². The standard InChI is InChI=1S/C14H18N4O2/c1-14(2,3)20-13(19)17-9-8-12(17)18-11-7-5-4-6-10(11)15-16-18/h4-7,12H,8-9H2,1-3H3. The number of aromatic nitrogens is 3. The summed E-state index contributed by atoms with van der Waals surface area (Å²) in [6.45, 7) is 6.29. The number of rotatable bonds is 1. The van der Waals surface area contributed by atoms with Crippen LogP contribution in [-0.2, 0) is 4.74 Å². The van der Waals surface area contributed by atoms with Gasteiger partial charge in [0.05, 0.1) is 5.52 Å². The van der Waals surface area contributed by atoms with E-state index in [1.807, 2.05) is 45.0 Å². The number of para-hydroxylation sites is 1. The van der Waals surface area contributed by atoms with Crippen LogP contribution in [0.3, 0.4) is 0 Å². The topological polar surface area (TPSA) is 60.2 Å². The van der Waals surface area contributed by atoms with Crippen molar-refractivity contribution in [1.29, 1.82) is 0 Å². The van der Waals surface area contributed by atoms with Gasteiger partial charge in [0.2, 0.25) is 0 Å². The zero-order chi connectivity index (χ0) is 14.3.